The molecule has 2 unspecified atom stereocenters. The molecule has 0 N–H and O–H groups in total. The molecule has 5 nitrogen and oxygen atoms in total. The summed E-state index contributed by atoms with van der Waals surface area (Å²) in [6, 6.07) is 0.0908. The molecule has 6 heteroatoms. The maximum absolute atomic E-state index is 12.2. The Morgan fingerprint density at radius 1 is 1.35 bits per heavy atom. The molecule has 1 amide bonds. The predicted octanol–water partition coefficient (Wildman–Crippen LogP) is 0.754. The first-order valence-corrected chi connectivity index (χ1v) is 9.38. The highest BCUT2D eigenvalue weighted by Crippen LogP contribution is 2.18. The van der Waals surface area contributed by atoms with Crippen molar-refractivity contribution in [3.05, 3.63) is 0 Å². The van der Waals surface area contributed by atoms with Crippen LogP contribution in [0.3, 0.4) is 0 Å². The average molecular weight is 302 g/mol. The maximum atomic E-state index is 12.2. The molecule has 116 valence electrons. The molecule has 2 saturated heterocycles. The maximum Gasteiger partial charge on any atom is 0.223 e. The van der Waals surface area contributed by atoms with E-state index in [2.05, 4.69) is 6.92 Å². The Morgan fingerprint density at radius 2 is 2.10 bits per heavy atom. The molecule has 0 spiro atoms. The molecule has 0 aromatic rings. The van der Waals surface area contributed by atoms with Gasteiger partial charge in [-0.2, -0.15) is 0 Å². The number of hydrogen-bond donors (Lipinski definition) is 0. The van der Waals surface area contributed by atoms with Crippen molar-refractivity contribution in [3.63, 3.8) is 0 Å². The predicted molar refractivity (Wildman–Crippen MR) is 79.3 cm³/mol. The van der Waals surface area contributed by atoms with Gasteiger partial charge in [0.15, 0.2) is 9.84 Å². The lowest BCUT2D eigenvalue weighted by Gasteiger charge is -2.32. The lowest BCUT2D eigenvalue weighted by molar-refractivity contribution is -0.133. The normalized spacial score (nSPS) is 29.9. The number of rotatable bonds is 4. The van der Waals surface area contributed by atoms with E-state index in [1.807, 2.05) is 16.8 Å². The molecular weight excluding hydrogens is 276 g/mol. The van der Waals surface area contributed by atoms with Gasteiger partial charge in [0, 0.05) is 32.1 Å². The van der Waals surface area contributed by atoms with Crippen LogP contribution in [0.15, 0.2) is 0 Å². The molecule has 0 aliphatic carbocycles. The van der Waals surface area contributed by atoms with Gasteiger partial charge in [-0.05, 0) is 32.2 Å². The van der Waals surface area contributed by atoms with E-state index in [1.54, 1.807) is 0 Å². The Hall–Kier alpha value is -0.620. The number of carbonyl (C=O) groups is 1. The number of amides is 1. The fraction of sp³-hybridized carbons (Fsp3) is 0.929. The van der Waals surface area contributed by atoms with Crippen molar-refractivity contribution < 1.29 is 13.2 Å². The Balaban J connectivity index is 1.75. The first kappa shape index (κ1) is 15.8. The minimum atomic E-state index is -2.84. The van der Waals surface area contributed by atoms with Crippen LogP contribution in [0.4, 0.5) is 0 Å². The largest absolute Gasteiger partial charge is 0.342 e. The summed E-state index contributed by atoms with van der Waals surface area (Å²) in [5.74, 6) is 1.35. The van der Waals surface area contributed by atoms with Gasteiger partial charge in [0.1, 0.15) is 0 Å². The first-order chi connectivity index (χ1) is 9.37. The molecular formula is C14H26N2O3S. The van der Waals surface area contributed by atoms with Crippen LogP contribution in [0.25, 0.3) is 0 Å². The van der Waals surface area contributed by atoms with Gasteiger partial charge in [0.25, 0.3) is 0 Å². The second kappa shape index (κ2) is 6.43. The molecule has 2 aliphatic heterocycles. The van der Waals surface area contributed by atoms with E-state index in [0.717, 1.165) is 19.5 Å². The van der Waals surface area contributed by atoms with Crippen molar-refractivity contribution in [2.75, 3.05) is 38.2 Å². The van der Waals surface area contributed by atoms with Crippen LogP contribution < -0.4 is 0 Å². The van der Waals surface area contributed by atoms with E-state index in [-0.39, 0.29) is 17.7 Å². The standard InChI is InChI=1S/C14H26N2O3S/c1-12-4-3-7-16(10-12)14(17)5-8-15(2)13-6-9-20(18,19)11-13/h12-13H,3-11H2,1-2H3. The average Bonchev–Trinajstić information content (AvgIpc) is 2.76. The number of likely N-dealkylation sites (tertiary alicyclic amines) is 1. The number of piperidine rings is 1. The number of carbonyl (C=O) groups excluding carboxylic acids is 1. The third kappa shape index (κ3) is 4.19. The lowest BCUT2D eigenvalue weighted by atomic mass is 10.00. The van der Waals surface area contributed by atoms with Gasteiger partial charge < -0.3 is 9.80 Å². The molecule has 2 rings (SSSR count). The minimum absolute atomic E-state index is 0.0908. The molecule has 2 atom stereocenters. The third-order valence-electron chi connectivity index (χ3n) is 4.52. The van der Waals surface area contributed by atoms with Gasteiger partial charge in [0.05, 0.1) is 11.5 Å². The quantitative estimate of drug-likeness (QED) is 0.769. The zero-order valence-electron chi connectivity index (χ0n) is 12.5. The van der Waals surface area contributed by atoms with Gasteiger partial charge in [-0.15, -0.1) is 0 Å². The first-order valence-electron chi connectivity index (χ1n) is 7.56. The van der Waals surface area contributed by atoms with Gasteiger partial charge in [-0.1, -0.05) is 6.92 Å². The number of nitrogens with zero attached hydrogens (tertiary/aromatic N) is 2. The Labute approximate surface area is 122 Å². The minimum Gasteiger partial charge on any atom is -0.342 e. The highest BCUT2D eigenvalue weighted by Gasteiger charge is 2.31. The number of sulfone groups is 1. The monoisotopic (exact) mass is 302 g/mol. The van der Waals surface area contributed by atoms with E-state index in [4.69, 9.17) is 0 Å². The van der Waals surface area contributed by atoms with E-state index in [0.29, 0.717) is 31.1 Å². The second-order valence-electron chi connectivity index (χ2n) is 6.37. The summed E-state index contributed by atoms with van der Waals surface area (Å²) < 4.78 is 22.9. The highest BCUT2D eigenvalue weighted by atomic mass is 32.2. The molecule has 0 aromatic heterocycles. The van der Waals surface area contributed by atoms with Crippen LogP contribution in [0.2, 0.25) is 0 Å². The van der Waals surface area contributed by atoms with Crippen molar-refractivity contribution >= 4 is 15.7 Å². The summed E-state index contributed by atoms with van der Waals surface area (Å²) >= 11 is 0. The van der Waals surface area contributed by atoms with Crippen molar-refractivity contribution in [2.24, 2.45) is 5.92 Å². The van der Waals surface area contributed by atoms with Crippen LogP contribution >= 0.6 is 0 Å². The Morgan fingerprint density at radius 3 is 2.70 bits per heavy atom. The van der Waals surface area contributed by atoms with Crippen LogP contribution in [-0.4, -0.2) is 68.4 Å². The Kier molecular flexibility index (Phi) is 5.07. The van der Waals surface area contributed by atoms with Crippen LogP contribution in [-0.2, 0) is 14.6 Å². The lowest BCUT2D eigenvalue weighted by Crippen LogP contribution is -2.41. The topological polar surface area (TPSA) is 57.7 Å². The second-order valence-corrected chi connectivity index (χ2v) is 8.60. The van der Waals surface area contributed by atoms with Gasteiger partial charge in [0.2, 0.25) is 5.91 Å². The van der Waals surface area contributed by atoms with Crippen LogP contribution in [0, 0.1) is 5.92 Å². The van der Waals surface area contributed by atoms with Gasteiger partial charge in [-0.25, -0.2) is 8.42 Å². The molecule has 2 fully saturated rings. The fourth-order valence-electron chi connectivity index (χ4n) is 3.15. The van der Waals surface area contributed by atoms with Crippen LogP contribution in [0.5, 0.6) is 0 Å². The van der Waals surface area contributed by atoms with E-state index >= 15 is 0 Å². The highest BCUT2D eigenvalue weighted by molar-refractivity contribution is 7.91. The summed E-state index contributed by atoms with van der Waals surface area (Å²) in [7, 11) is -0.916. The van der Waals surface area contributed by atoms with Crippen molar-refractivity contribution in [1.82, 2.24) is 9.80 Å². The summed E-state index contributed by atoms with van der Waals surface area (Å²) in [6.07, 6.45) is 3.51. The van der Waals surface area contributed by atoms with Crippen molar-refractivity contribution in [1.29, 1.82) is 0 Å². The summed E-state index contributed by atoms with van der Waals surface area (Å²) in [5, 5.41) is 0. The smallest absolute Gasteiger partial charge is 0.223 e. The molecule has 0 aromatic carbocycles. The molecule has 20 heavy (non-hydrogen) atoms. The molecule has 0 bridgehead atoms. The van der Waals surface area contributed by atoms with E-state index in [9.17, 15) is 13.2 Å². The van der Waals surface area contributed by atoms with Gasteiger partial charge in [-0.3, -0.25) is 4.79 Å². The van der Waals surface area contributed by atoms with Crippen molar-refractivity contribution in [2.45, 2.75) is 38.6 Å². The summed E-state index contributed by atoms with van der Waals surface area (Å²) in [5.41, 5.74) is 0. The number of hydrogen-bond acceptors (Lipinski definition) is 4. The van der Waals surface area contributed by atoms with E-state index < -0.39 is 9.84 Å². The Bertz CT molecular complexity index is 449. The third-order valence-corrected chi connectivity index (χ3v) is 6.27. The molecule has 0 saturated carbocycles. The summed E-state index contributed by atoms with van der Waals surface area (Å²) in [4.78, 5) is 16.2. The fourth-order valence-corrected chi connectivity index (χ4v) is 4.96. The molecule has 0 radical (unpaired) electrons. The van der Waals surface area contributed by atoms with Crippen LogP contribution in [0.1, 0.15) is 32.6 Å². The zero-order valence-corrected chi connectivity index (χ0v) is 13.4. The van der Waals surface area contributed by atoms with Gasteiger partial charge >= 0.3 is 0 Å². The van der Waals surface area contributed by atoms with Crippen molar-refractivity contribution in [3.8, 4) is 0 Å². The van der Waals surface area contributed by atoms with E-state index in [1.165, 1.54) is 6.42 Å². The SMILES string of the molecule is CC1CCCN(C(=O)CCN(C)C2CCS(=O)(=O)C2)C1. The zero-order chi connectivity index (χ0) is 14.8. The molecule has 2 heterocycles. The summed E-state index contributed by atoms with van der Waals surface area (Å²) in [6.45, 7) is 4.60. The molecule has 2 aliphatic rings.